The lowest BCUT2D eigenvalue weighted by Crippen LogP contribution is -2.54. The van der Waals surface area contributed by atoms with E-state index in [0.29, 0.717) is 58.9 Å². The van der Waals surface area contributed by atoms with Crippen molar-refractivity contribution in [1.29, 1.82) is 0 Å². The molecule has 0 amide bonds. The fourth-order valence-corrected chi connectivity index (χ4v) is 13.3. The number of quaternary nitrogens is 4. The number of nitrogen functional groups attached to an aromatic ring is 1. The molecule has 1 aliphatic rings. The van der Waals surface area contributed by atoms with Crippen LogP contribution < -0.4 is 26.1 Å². The third-order valence-corrected chi connectivity index (χ3v) is 17.1. The lowest BCUT2D eigenvalue weighted by Gasteiger charge is -2.40. The Hall–Kier alpha value is -0.920. The quantitative estimate of drug-likeness (QED) is 0.0537. The Morgan fingerprint density at radius 3 is 1.41 bits per heavy atom. The largest absolute Gasteiger partial charge is 0.598 e. The number of rotatable bonds is 28. The summed E-state index contributed by atoms with van der Waals surface area (Å²) in [6.07, 6.45) is 4.58. The van der Waals surface area contributed by atoms with Crippen molar-refractivity contribution in [3.05, 3.63) is 34.7 Å². The maximum absolute atomic E-state index is 15.4. The van der Waals surface area contributed by atoms with E-state index in [1.54, 1.807) is 32.9 Å². The number of nitrogens with two attached hydrogens (primary N) is 1. The van der Waals surface area contributed by atoms with Crippen molar-refractivity contribution in [3.63, 3.8) is 0 Å². The second-order valence-corrected chi connectivity index (χ2v) is 18.7. The van der Waals surface area contributed by atoms with Crippen LogP contribution in [0.15, 0.2) is 23.1 Å². The predicted octanol–water partition coefficient (Wildman–Crippen LogP) is 4.48. The molecule has 0 spiro atoms. The van der Waals surface area contributed by atoms with Crippen LogP contribution in [0.1, 0.15) is 95.5 Å². The van der Waals surface area contributed by atoms with Crippen LogP contribution >= 0.6 is 24.5 Å². The van der Waals surface area contributed by atoms with Gasteiger partial charge in [-0.05, 0) is 89.5 Å². The van der Waals surface area contributed by atoms with Crippen LogP contribution in [-0.4, -0.2) is 113 Å². The van der Waals surface area contributed by atoms with Crippen LogP contribution in [-0.2, 0) is 31.6 Å². The van der Waals surface area contributed by atoms with Crippen LogP contribution in [0.25, 0.3) is 0 Å². The number of halogens is 1. The highest BCUT2D eigenvalue weighted by molar-refractivity contribution is 7.73. The van der Waals surface area contributed by atoms with Gasteiger partial charge in [0.1, 0.15) is 85.1 Å². The number of nitrogens with zero attached hydrogens (tertiary/aromatic N) is 6. The average Bonchev–Trinajstić information content (AvgIpc) is 3.67. The zero-order chi connectivity index (χ0) is 42.6. The predicted molar refractivity (Wildman–Crippen MR) is 210 cm³/mol. The van der Waals surface area contributed by atoms with Crippen LogP contribution in [0.4, 0.5) is 10.2 Å². The number of hydrogen-bond acceptors (Lipinski definition) is 13. The Kier molecular flexibility index (Phi) is 19.7. The SMILES string of the molecule is CC[N+](CC)(CC)O[P+]([O-])(OC[C@H]1C=C[C@@H](n2cc(F)c(N)nc2=O)C1)O[P+]([O-])(O[N+](CC)(CC)CC)O[P+]([O-])(O[N+](CC)(CC)CC)O[N+](CC)(CC)CC. The third kappa shape index (κ3) is 12.8. The molecule has 2 unspecified atom stereocenters. The van der Waals surface area contributed by atoms with E-state index in [2.05, 4.69) is 4.98 Å². The lowest BCUT2D eigenvalue weighted by molar-refractivity contribution is -1.11. The van der Waals surface area contributed by atoms with Gasteiger partial charge in [-0.15, -0.1) is 18.6 Å². The van der Waals surface area contributed by atoms with E-state index in [0.717, 1.165) is 10.8 Å². The zero-order valence-electron chi connectivity index (χ0n) is 35.8. The molecule has 0 bridgehead atoms. The number of hydroxylamine groups is 12. The fourth-order valence-electron chi connectivity index (χ4n) is 6.59. The Labute approximate surface area is 335 Å². The van der Waals surface area contributed by atoms with E-state index in [9.17, 15) is 9.18 Å². The van der Waals surface area contributed by atoms with Gasteiger partial charge in [0, 0.05) is 39.2 Å². The van der Waals surface area contributed by atoms with Crippen molar-refractivity contribution in [1.82, 2.24) is 9.55 Å². The van der Waals surface area contributed by atoms with Crippen molar-refractivity contribution in [2.24, 2.45) is 5.92 Å². The summed E-state index contributed by atoms with van der Waals surface area (Å²) in [5.74, 6) is -1.85. The molecule has 0 aliphatic heterocycles. The van der Waals surface area contributed by atoms with Crippen LogP contribution in [0.2, 0.25) is 0 Å². The topological polar surface area (TPSA) is 195 Å². The maximum atomic E-state index is 15.4. The molecule has 2 N–H and O–H groups in total. The molecule has 56 heavy (non-hydrogen) atoms. The first-order valence-corrected chi connectivity index (χ1v) is 24.5. The first-order chi connectivity index (χ1) is 26.2. The van der Waals surface area contributed by atoms with Crippen molar-refractivity contribution >= 4 is 30.3 Å². The molecule has 1 aromatic rings. The fraction of sp³-hybridized carbons (Fsp3) is 0.824. The summed E-state index contributed by atoms with van der Waals surface area (Å²) in [6, 6.07) is -0.616. The van der Waals surface area contributed by atoms with E-state index in [4.69, 9.17) is 37.4 Å². The molecule has 0 radical (unpaired) electrons. The van der Waals surface area contributed by atoms with E-state index >= 15 is 14.7 Å². The molecule has 22 heteroatoms. The van der Waals surface area contributed by atoms with Gasteiger partial charge in [0.25, 0.3) is 0 Å². The molecule has 18 nitrogen and oxygen atoms in total. The number of allylic oxidation sites excluding steroid dienone is 1. The maximum Gasteiger partial charge on any atom is 0.564 e. The minimum atomic E-state index is -5.33. The van der Waals surface area contributed by atoms with E-state index in [1.165, 1.54) is 0 Å². The lowest BCUT2D eigenvalue weighted by atomic mass is 10.1. The summed E-state index contributed by atoms with van der Waals surface area (Å²) in [6.45, 7) is 25.6. The number of aromatic nitrogens is 2. The molecule has 1 aliphatic carbocycles. The van der Waals surface area contributed by atoms with E-state index in [-0.39, 0.29) is 51.2 Å². The molecule has 0 saturated carbocycles. The molecule has 326 valence electrons. The highest BCUT2D eigenvalue weighted by Crippen LogP contribution is 2.79. The highest BCUT2D eigenvalue weighted by atomic mass is 31.3. The molecular formula is C34H71FN7O11P3+4. The Morgan fingerprint density at radius 1 is 0.661 bits per heavy atom. The van der Waals surface area contributed by atoms with Crippen LogP contribution in [0.5, 0.6) is 0 Å². The van der Waals surface area contributed by atoms with Gasteiger partial charge in [-0.3, -0.25) is 4.57 Å². The molecule has 2 rings (SSSR count). The Balaban J connectivity index is 2.74. The van der Waals surface area contributed by atoms with Crippen molar-refractivity contribution in [3.8, 4) is 0 Å². The summed E-state index contributed by atoms with van der Waals surface area (Å²) in [5.41, 5.74) is 4.73. The normalized spacial score (nSPS) is 19.4. The summed E-state index contributed by atoms with van der Waals surface area (Å²) in [7, 11) is -15.3. The Bertz CT molecular complexity index is 1400. The number of phosphoric acid groups is 3. The third-order valence-electron chi connectivity index (χ3n) is 11.3. The van der Waals surface area contributed by atoms with Crippen molar-refractivity contribution < 1.29 is 69.3 Å². The zero-order valence-corrected chi connectivity index (χ0v) is 38.4. The standard InChI is InChI=1S/C34H70FN7O11P3/c1-13-39(14-2,15-3)48-54(44,47-29-30-25-26-31(27-30)38-28-32(35)33(36)37-34(38)43)52-56(46,51-42(22-10,23-11)24-12)53-55(45,49-40(16-4,17-5)18-6)50-41(19-7,20-8)21-9/h25-26,28,30-31H,13-24,27,29H2,1-12H3,(H-,36,37,43)/q+3/p+1/t30-,31+,54?,56?/m0/s1. The minimum absolute atomic E-state index is 0.193. The van der Waals surface area contributed by atoms with Crippen molar-refractivity contribution in [2.45, 2.75) is 95.5 Å². The smallest absolute Gasteiger partial charge is 0.564 e. The summed E-state index contributed by atoms with van der Waals surface area (Å²) >= 11 is 0. The highest BCUT2D eigenvalue weighted by Gasteiger charge is 2.71. The Morgan fingerprint density at radius 2 is 1.02 bits per heavy atom. The number of anilines is 1. The second-order valence-electron chi connectivity index (χ2n) is 13.8. The van der Waals surface area contributed by atoms with Crippen molar-refractivity contribution in [2.75, 3.05) is 90.9 Å². The molecule has 4 atom stereocenters. The van der Waals surface area contributed by atoms with E-state index in [1.807, 2.05) is 62.3 Å². The molecule has 0 aromatic carbocycles. The molecule has 1 aromatic heterocycles. The van der Waals surface area contributed by atoms with Gasteiger partial charge < -0.3 is 20.4 Å². The average molecular weight is 866 g/mol. The van der Waals surface area contributed by atoms with Gasteiger partial charge in [0.15, 0.2) is 11.6 Å². The molecule has 1 heterocycles. The molecule has 0 fully saturated rings. The van der Waals surface area contributed by atoms with Crippen LogP contribution in [0.3, 0.4) is 0 Å². The first-order valence-electron chi connectivity index (χ1n) is 20.1. The minimum Gasteiger partial charge on any atom is -0.598 e. The van der Waals surface area contributed by atoms with Gasteiger partial charge in [0.05, 0.1) is 6.04 Å². The van der Waals surface area contributed by atoms with Gasteiger partial charge in [-0.2, -0.15) is 9.51 Å². The van der Waals surface area contributed by atoms with Gasteiger partial charge in [-0.1, -0.05) is 12.2 Å². The summed E-state index contributed by atoms with van der Waals surface area (Å²) in [4.78, 5) is 61.9. The monoisotopic (exact) mass is 865 g/mol. The molecule has 0 saturated heterocycles. The van der Waals surface area contributed by atoms with E-state index < -0.39 is 53.8 Å². The summed E-state index contributed by atoms with van der Waals surface area (Å²) < 4.78 is 57.5. The summed E-state index contributed by atoms with van der Waals surface area (Å²) in [5, 5.41) is 0. The van der Waals surface area contributed by atoms with Gasteiger partial charge in [-0.25, -0.2) is 9.18 Å². The second kappa shape index (κ2) is 21.6. The first kappa shape index (κ1) is 51.2. The van der Waals surface area contributed by atoms with Gasteiger partial charge >= 0.3 is 30.2 Å². The molecular weight excluding hydrogens is 794 g/mol. The van der Waals surface area contributed by atoms with Gasteiger partial charge in [0.2, 0.25) is 0 Å². The van der Waals surface area contributed by atoms with Crippen LogP contribution in [0, 0.1) is 11.7 Å². The number of hydrogen-bond donors (Lipinski definition) is 1.